The van der Waals surface area contributed by atoms with Crippen molar-refractivity contribution in [1.29, 1.82) is 0 Å². The molecule has 1 saturated heterocycles. The number of carboxylic acids is 1. The van der Waals surface area contributed by atoms with Crippen LogP contribution in [0.3, 0.4) is 0 Å². The molecule has 1 heterocycles. The Morgan fingerprint density at radius 3 is 2.18 bits per heavy atom. The predicted molar refractivity (Wildman–Crippen MR) is 181 cm³/mol. The van der Waals surface area contributed by atoms with E-state index in [-0.39, 0.29) is 18.7 Å². The van der Waals surface area contributed by atoms with E-state index in [4.69, 9.17) is 4.74 Å². The van der Waals surface area contributed by atoms with Gasteiger partial charge in [-0.25, -0.2) is 0 Å². The molecule has 1 aliphatic heterocycles. The Balaban J connectivity index is 1.51. The molecular weight excluding hydrogens is 560 g/mol. The summed E-state index contributed by atoms with van der Waals surface area (Å²) in [5.74, 6) is -1.07. The van der Waals surface area contributed by atoms with Crippen LogP contribution in [0.25, 0.3) is 10.8 Å². The van der Waals surface area contributed by atoms with Gasteiger partial charge in [-0.3, -0.25) is 14.5 Å². The lowest BCUT2D eigenvalue weighted by Crippen LogP contribution is -2.53. The Hall–Kier alpha value is -4.94. The second-order valence-corrected chi connectivity index (χ2v) is 11.9. The maximum Gasteiger partial charge on any atom is 0.303 e. The molecule has 0 unspecified atom stereocenters. The summed E-state index contributed by atoms with van der Waals surface area (Å²) in [6.07, 6.45) is 1.42. The highest BCUT2D eigenvalue weighted by molar-refractivity contribution is 6.09. The minimum absolute atomic E-state index is 0.0703. The first-order valence-electron chi connectivity index (χ1n) is 15.5. The van der Waals surface area contributed by atoms with Crippen LogP contribution in [-0.2, 0) is 21.5 Å². The van der Waals surface area contributed by atoms with Crippen molar-refractivity contribution in [3.63, 3.8) is 0 Å². The van der Waals surface area contributed by atoms with Gasteiger partial charge in [-0.05, 0) is 109 Å². The van der Waals surface area contributed by atoms with Crippen molar-refractivity contribution in [1.82, 2.24) is 0 Å². The molecule has 45 heavy (non-hydrogen) atoms. The zero-order valence-corrected chi connectivity index (χ0v) is 25.8. The van der Waals surface area contributed by atoms with Crippen LogP contribution in [0.1, 0.15) is 51.9 Å². The van der Waals surface area contributed by atoms with Crippen molar-refractivity contribution in [3.8, 4) is 0 Å². The molecule has 0 spiro atoms. The van der Waals surface area contributed by atoms with Crippen LogP contribution in [0.2, 0.25) is 0 Å². The van der Waals surface area contributed by atoms with E-state index in [2.05, 4.69) is 67.7 Å². The topological polar surface area (TPSA) is 78.9 Å². The maximum atomic E-state index is 15.2. The largest absolute Gasteiger partial charge is 0.481 e. The molecule has 5 aromatic rings. The third-order valence-corrected chi connectivity index (χ3v) is 8.71. The van der Waals surface area contributed by atoms with Crippen molar-refractivity contribution >= 4 is 39.7 Å². The fraction of sp³-hybridized carbons (Fsp3) is 0.231. The molecule has 6 nitrogen and oxygen atoms in total. The molecule has 6 rings (SSSR count). The fourth-order valence-electron chi connectivity index (χ4n) is 6.61. The van der Waals surface area contributed by atoms with Crippen molar-refractivity contribution in [2.45, 2.75) is 45.1 Å². The number of amides is 1. The number of carbonyl (C=O) groups excluding carboxylic acids is 1. The third kappa shape index (κ3) is 6.47. The average molecular weight is 599 g/mol. The number of benzene rings is 5. The van der Waals surface area contributed by atoms with Gasteiger partial charge in [-0.15, -0.1) is 0 Å². The highest BCUT2D eigenvalue weighted by Crippen LogP contribution is 2.43. The van der Waals surface area contributed by atoms with E-state index < -0.39 is 11.5 Å². The number of rotatable bonds is 9. The van der Waals surface area contributed by atoms with Gasteiger partial charge in [0.15, 0.2) is 0 Å². The van der Waals surface area contributed by atoms with Gasteiger partial charge in [-0.1, -0.05) is 66.7 Å². The van der Waals surface area contributed by atoms with Crippen LogP contribution in [0, 0.1) is 13.8 Å². The number of para-hydroxylation sites is 1. The molecule has 2 N–H and O–H groups in total. The van der Waals surface area contributed by atoms with Crippen molar-refractivity contribution in [2.24, 2.45) is 0 Å². The molecule has 1 fully saturated rings. The monoisotopic (exact) mass is 598 g/mol. The summed E-state index contributed by atoms with van der Waals surface area (Å²) in [7, 11) is 0. The van der Waals surface area contributed by atoms with E-state index in [0.717, 1.165) is 44.5 Å². The lowest BCUT2D eigenvalue weighted by Gasteiger charge is -2.47. The number of nitrogens with one attached hydrogen (secondary N) is 1. The third-order valence-electron chi connectivity index (χ3n) is 8.71. The van der Waals surface area contributed by atoms with Crippen molar-refractivity contribution in [3.05, 3.63) is 137 Å². The number of hydrogen-bond acceptors (Lipinski definition) is 4. The Morgan fingerprint density at radius 2 is 1.47 bits per heavy atom. The molecule has 5 aromatic carbocycles. The SMILES string of the molecule is Cc1cc(C)cc(Nc2ccc(CCC(=O)O)c(C(=O)N(c3ccccc3)C3(c4ccc5ccccc5c4)CCOCC3)c2)c1. The molecule has 0 radical (unpaired) electrons. The number of fused-ring (bicyclic) bond motifs is 1. The molecule has 0 aromatic heterocycles. The summed E-state index contributed by atoms with van der Waals surface area (Å²) in [4.78, 5) is 28.8. The Kier molecular flexibility index (Phi) is 8.67. The number of nitrogens with zero attached hydrogens (tertiary/aromatic N) is 1. The smallest absolute Gasteiger partial charge is 0.303 e. The van der Waals surface area contributed by atoms with Crippen LogP contribution < -0.4 is 10.2 Å². The normalized spacial score (nSPS) is 14.2. The Bertz CT molecular complexity index is 1820. The highest BCUT2D eigenvalue weighted by Gasteiger charge is 2.44. The number of aryl methyl sites for hydroxylation is 3. The van der Waals surface area contributed by atoms with Crippen LogP contribution in [-0.4, -0.2) is 30.2 Å². The van der Waals surface area contributed by atoms with E-state index in [0.29, 0.717) is 37.2 Å². The zero-order chi connectivity index (χ0) is 31.4. The summed E-state index contributed by atoms with van der Waals surface area (Å²) < 4.78 is 5.89. The minimum atomic E-state index is -0.900. The number of carboxylic acid groups (broad SMARTS) is 1. The molecule has 228 valence electrons. The molecule has 1 amide bonds. The predicted octanol–water partition coefficient (Wildman–Crippen LogP) is 8.57. The average Bonchev–Trinajstić information content (AvgIpc) is 3.04. The standard InChI is InChI=1S/C39H38N2O4/c1-27-22-28(2)24-34(23-27)40-33-16-13-30(14-17-37(42)43)36(26-33)38(44)41(35-10-4-3-5-11-35)39(18-20-45-21-19-39)32-15-12-29-8-6-7-9-31(29)25-32/h3-13,15-16,22-26,40H,14,17-21H2,1-2H3,(H,42,43). The number of carbonyl (C=O) groups is 2. The fourth-order valence-corrected chi connectivity index (χ4v) is 6.61. The van der Waals surface area contributed by atoms with Crippen LogP contribution in [0.15, 0.2) is 109 Å². The zero-order valence-electron chi connectivity index (χ0n) is 25.8. The number of ether oxygens (including phenoxy) is 1. The number of aliphatic carboxylic acids is 1. The Morgan fingerprint density at radius 1 is 0.778 bits per heavy atom. The first kappa shape index (κ1) is 30.1. The van der Waals surface area contributed by atoms with E-state index in [1.807, 2.05) is 65.6 Å². The van der Waals surface area contributed by atoms with E-state index in [9.17, 15) is 9.90 Å². The molecule has 0 atom stereocenters. The highest BCUT2D eigenvalue weighted by atomic mass is 16.5. The summed E-state index contributed by atoms with van der Waals surface area (Å²) in [5.41, 5.74) is 6.33. The van der Waals surface area contributed by atoms with Crippen LogP contribution >= 0.6 is 0 Å². The Labute approximate surface area is 264 Å². The van der Waals surface area contributed by atoms with Crippen molar-refractivity contribution in [2.75, 3.05) is 23.4 Å². The lowest BCUT2D eigenvalue weighted by molar-refractivity contribution is -0.136. The van der Waals surface area contributed by atoms with Gasteiger partial charge in [0.2, 0.25) is 0 Å². The number of anilines is 3. The maximum absolute atomic E-state index is 15.2. The van der Waals surface area contributed by atoms with E-state index >= 15 is 4.79 Å². The van der Waals surface area contributed by atoms with E-state index in [1.54, 1.807) is 0 Å². The molecule has 0 bridgehead atoms. The second-order valence-electron chi connectivity index (χ2n) is 11.9. The van der Waals surface area contributed by atoms with Crippen LogP contribution in [0.5, 0.6) is 0 Å². The molecule has 6 heteroatoms. The van der Waals surface area contributed by atoms with Gasteiger partial charge in [0.25, 0.3) is 5.91 Å². The lowest BCUT2D eigenvalue weighted by atomic mass is 9.79. The summed E-state index contributed by atoms with van der Waals surface area (Å²) in [6, 6.07) is 36.5. The molecular formula is C39H38N2O4. The van der Waals surface area contributed by atoms with Gasteiger partial charge in [0, 0.05) is 42.3 Å². The summed E-state index contributed by atoms with van der Waals surface area (Å²) in [5, 5.41) is 15.3. The molecule has 1 aliphatic rings. The van der Waals surface area contributed by atoms with Gasteiger partial charge in [0.1, 0.15) is 0 Å². The van der Waals surface area contributed by atoms with Gasteiger partial charge < -0.3 is 15.2 Å². The van der Waals surface area contributed by atoms with Gasteiger partial charge >= 0.3 is 5.97 Å². The van der Waals surface area contributed by atoms with Gasteiger partial charge in [0.05, 0.1) is 5.54 Å². The number of hydrogen-bond donors (Lipinski definition) is 2. The van der Waals surface area contributed by atoms with Crippen LogP contribution in [0.4, 0.5) is 17.1 Å². The molecule has 0 saturated carbocycles. The summed E-state index contributed by atoms with van der Waals surface area (Å²) in [6.45, 7) is 5.15. The second kappa shape index (κ2) is 13.0. The summed E-state index contributed by atoms with van der Waals surface area (Å²) >= 11 is 0. The quantitative estimate of drug-likeness (QED) is 0.178. The first-order chi connectivity index (χ1) is 21.8. The van der Waals surface area contributed by atoms with Gasteiger partial charge in [-0.2, -0.15) is 0 Å². The van der Waals surface area contributed by atoms with E-state index in [1.165, 1.54) is 0 Å². The molecule has 0 aliphatic carbocycles. The van der Waals surface area contributed by atoms with Crippen molar-refractivity contribution < 1.29 is 19.4 Å². The minimum Gasteiger partial charge on any atom is -0.481 e. The first-order valence-corrected chi connectivity index (χ1v) is 15.5.